The highest BCUT2D eigenvalue weighted by Crippen LogP contribution is 2.18. The maximum Gasteiger partial charge on any atom is 0.253 e. The molecule has 6 heteroatoms. The number of benzene rings is 1. The van der Waals surface area contributed by atoms with Gasteiger partial charge in [-0.3, -0.25) is 9.78 Å². The van der Waals surface area contributed by atoms with Crippen LogP contribution in [0.3, 0.4) is 0 Å². The molecule has 3 aromatic rings. The van der Waals surface area contributed by atoms with E-state index < -0.39 is 0 Å². The Kier molecular flexibility index (Phi) is 11.6. The summed E-state index contributed by atoms with van der Waals surface area (Å²) in [5, 5.41) is 0. The lowest BCUT2D eigenvalue weighted by atomic mass is 10.1. The Morgan fingerprint density at radius 2 is 1.65 bits per heavy atom. The van der Waals surface area contributed by atoms with Gasteiger partial charge in [0, 0.05) is 37.5 Å². The number of nitrogens with one attached hydrogen (secondary N) is 1. The van der Waals surface area contributed by atoms with E-state index in [4.69, 9.17) is 0 Å². The molecule has 0 atom stereocenters. The molecule has 1 aliphatic heterocycles. The standard InChI is InChI=1S/C24H32N4O.C7H15N/c1-17(2)9-13-28(14-10-18(3)4)24(29)20-5-6-21-22(16-20)27-23(26-21)15-19-7-11-25-12-8-19;1-2-5-8-6-3-4-7-8/h5-8,11-12,16-18H,9-10,13-15H2,1-4H3,(H,26,27);2-7H2,1H3. The molecule has 2 aromatic heterocycles. The summed E-state index contributed by atoms with van der Waals surface area (Å²) in [6, 6.07) is 9.77. The molecule has 1 N–H and O–H groups in total. The number of amides is 1. The fourth-order valence-electron chi connectivity index (χ4n) is 4.62. The molecule has 0 unspecified atom stereocenters. The summed E-state index contributed by atoms with van der Waals surface area (Å²) in [4.78, 5) is 29.9. The fourth-order valence-corrected chi connectivity index (χ4v) is 4.62. The maximum atomic E-state index is 13.2. The van der Waals surface area contributed by atoms with Crippen LogP contribution in [0.15, 0.2) is 42.7 Å². The molecular weight excluding hydrogens is 458 g/mol. The normalized spacial score (nSPS) is 13.8. The van der Waals surface area contributed by atoms with Crippen molar-refractivity contribution in [2.45, 2.75) is 73.1 Å². The molecule has 3 heterocycles. The third-order valence-corrected chi connectivity index (χ3v) is 6.88. The van der Waals surface area contributed by atoms with E-state index in [1.54, 1.807) is 12.4 Å². The fraction of sp³-hybridized carbons (Fsp3) is 0.581. The van der Waals surface area contributed by atoms with Gasteiger partial charge in [-0.15, -0.1) is 0 Å². The third kappa shape index (κ3) is 9.58. The molecule has 1 aliphatic rings. The lowest BCUT2D eigenvalue weighted by molar-refractivity contribution is 0.0741. The van der Waals surface area contributed by atoms with Crippen molar-refractivity contribution in [2.75, 3.05) is 32.7 Å². The van der Waals surface area contributed by atoms with Gasteiger partial charge in [-0.1, -0.05) is 34.6 Å². The Balaban J connectivity index is 0.000000405. The number of likely N-dealkylation sites (tertiary alicyclic amines) is 1. The van der Waals surface area contributed by atoms with E-state index in [2.05, 4.69) is 54.5 Å². The van der Waals surface area contributed by atoms with E-state index in [1.807, 2.05) is 35.2 Å². The molecule has 1 amide bonds. The molecule has 4 rings (SSSR count). The smallest absolute Gasteiger partial charge is 0.253 e. The van der Waals surface area contributed by atoms with Crippen LogP contribution in [0, 0.1) is 11.8 Å². The number of carbonyl (C=O) groups is 1. The molecule has 202 valence electrons. The van der Waals surface area contributed by atoms with Crippen molar-refractivity contribution in [3.63, 3.8) is 0 Å². The molecule has 0 aliphatic carbocycles. The molecule has 0 radical (unpaired) electrons. The average molecular weight is 506 g/mol. The highest BCUT2D eigenvalue weighted by atomic mass is 16.2. The zero-order valence-electron chi connectivity index (χ0n) is 23.7. The number of carbonyl (C=O) groups excluding carboxylic acids is 1. The molecule has 0 saturated carbocycles. The van der Waals surface area contributed by atoms with Crippen molar-refractivity contribution < 1.29 is 4.79 Å². The van der Waals surface area contributed by atoms with Gasteiger partial charge in [0.1, 0.15) is 5.82 Å². The van der Waals surface area contributed by atoms with E-state index in [0.29, 0.717) is 11.8 Å². The van der Waals surface area contributed by atoms with Crippen molar-refractivity contribution in [3.8, 4) is 0 Å². The summed E-state index contributed by atoms with van der Waals surface area (Å²) in [5.74, 6) is 2.16. The van der Waals surface area contributed by atoms with Gasteiger partial charge in [-0.2, -0.15) is 0 Å². The number of fused-ring (bicyclic) bond motifs is 1. The molecule has 0 bridgehead atoms. The molecule has 6 nitrogen and oxygen atoms in total. The van der Waals surface area contributed by atoms with E-state index in [9.17, 15) is 4.79 Å². The second-order valence-electron chi connectivity index (χ2n) is 11.2. The summed E-state index contributed by atoms with van der Waals surface area (Å²) in [6.45, 7) is 16.7. The number of nitrogens with zero attached hydrogens (tertiary/aromatic N) is 4. The second-order valence-corrected chi connectivity index (χ2v) is 11.2. The monoisotopic (exact) mass is 505 g/mol. The number of H-pyrrole nitrogens is 1. The van der Waals surface area contributed by atoms with Gasteiger partial charge in [0.25, 0.3) is 5.91 Å². The van der Waals surface area contributed by atoms with Crippen LogP contribution in [0.4, 0.5) is 0 Å². The van der Waals surface area contributed by atoms with E-state index in [-0.39, 0.29) is 5.91 Å². The molecule has 1 fully saturated rings. The van der Waals surface area contributed by atoms with Crippen molar-refractivity contribution in [3.05, 3.63) is 59.7 Å². The SMILES string of the molecule is CC(C)CCN(CCC(C)C)C(=O)c1ccc2nc(Cc3ccncc3)[nH]c2c1.CCCN1CCCC1. The number of aromatic amines is 1. The summed E-state index contributed by atoms with van der Waals surface area (Å²) in [5.41, 5.74) is 3.68. The molecule has 0 spiro atoms. The molecule has 1 saturated heterocycles. The predicted molar refractivity (Wildman–Crippen MR) is 154 cm³/mol. The van der Waals surface area contributed by atoms with Crippen molar-refractivity contribution in [1.82, 2.24) is 24.8 Å². The summed E-state index contributed by atoms with van der Waals surface area (Å²) in [7, 11) is 0. The summed E-state index contributed by atoms with van der Waals surface area (Å²) >= 11 is 0. The van der Waals surface area contributed by atoms with Gasteiger partial charge in [0.05, 0.1) is 11.0 Å². The summed E-state index contributed by atoms with van der Waals surface area (Å²) < 4.78 is 0. The molecule has 37 heavy (non-hydrogen) atoms. The lowest BCUT2D eigenvalue weighted by Gasteiger charge is -2.24. The maximum absolute atomic E-state index is 13.2. The Morgan fingerprint density at radius 3 is 2.24 bits per heavy atom. The van der Waals surface area contributed by atoms with Gasteiger partial charge in [0.15, 0.2) is 0 Å². The highest BCUT2D eigenvalue weighted by molar-refractivity contribution is 5.97. The Hall–Kier alpha value is -2.73. The van der Waals surface area contributed by atoms with Crippen LogP contribution in [0.1, 0.15) is 88.5 Å². The van der Waals surface area contributed by atoms with Crippen molar-refractivity contribution >= 4 is 16.9 Å². The van der Waals surface area contributed by atoms with Crippen LogP contribution >= 0.6 is 0 Å². The van der Waals surface area contributed by atoms with Crippen molar-refractivity contribution in [2.24, 2.45) is 11.8 Å². The average Bonchev–Trinajstić information content (AvgIpc) is 3.53. The number of hydrogen-bond acceptors (Lipinski definition) is 4. The zero-order chi connectivity index (χ0) is 26.6. The Labute approximate surface area is 223 Å². The number of aromatic nitrogens is 3. The predicted octanol–water partition coefficient (Wildman–Crippen LogP) is 6.58. The van der Waals surface area contributed by atoms with Gasteiger partial charge in [0.2, 0.25) is 0 Å². The highest BCUT2D eigenvalue weighted by Gasteiger charge is 2.18. The van der Waals surface area contributed by atoms with E-state index in [1.165, 1.54) is 38.9 Å². The first kappa shape index (κ1) is 28.8. The van der Waals surface area contributed by atoms with Crippen molar-refractivity contribution in [1.29, 1.82) is 0 Å². The Bertz CT molecular complexity index is 1060. The number of rotatable bonds is 11. The lowest BCUT2D eigenvalue weighted by Crippen LogP contribution is -2.34. The number of imidazole rings is 1. The number of hydrogen-bond donors (Lipinski definition) is 1. The van der Waals surface area contributed by atoms with Crippen LogP contribution in [0.5, 0.6) is 0 Å². The van der Waals surface area contributed by atoms with Crippen LogP contribution < -0.4 is 0 Å². The molecular formula is C31H47N5O. The number of pyridine rings is 1. The van der Waals surface area contributed by atoms with Crippen LogP contribution in [0.25, 0.3) is 11.0 Å². The molecule has 1 aromatic carbocycles. The topological polar surface area (TPSA) is 65.1 Å². The first-order valence-corrected chi connectivity index (χ1v) is 14.2. The van der Waals surface area contributed by atoms with Gasteiger partial charge >= 0.3 is 0 Å². The minimum absolute atomic E-state index is 0.110. The largest absolute Gasteiger partial charge is 0.342 e. The quantitative estimate of drug-likeness (QED) is 0.320. The first-order valence-electron chi connectivity index (χ1n) is 14.2. The zero-order valence-corrected chi connectivity index (χ0v) is 23.7. The third-order valence-electron chi connectivity index (χ3n) is 6.88. The van der Waals surface area contributed by atoms with Gasteiger partial charge in [-0.05, 0) is 99.5 Å². The minimum Gasteiger partial charge on any atom is -0.342 e. The van der Waals surface area contributed by atoms with Gasteiger partial charge < -0.3 is 14.8 Å². The van der Waals surface area contributed by atoms with Crippen LogP contribution in [-0.4, -0.2) is 63.4 Å². The second kappa shape index (κ2) is 14.9. The van der Waals surface area contributed by atoms with E-state index >= 15 is 0 Å². The minimum atomic E-state index is 0.110. The first-order chi connectivity index (χ1) is 17.9. The Morgan fingerprint density at radius 1 is 1.00 bits per heavy atom. The van der Waals surface area contributed by atoms with Gasteiger partial charge in [-0.25, -0.2) is 4.98 Å². The van der Waals surface area contributed by atoms with Crippen LogP contribution in [0.2, 0.25) is 0 Å². The summed E-state index contributed by atoms with van der Waals surface area (Å²) in [6.07, 6.45) is 10.5. The van der Waals surface area contributed by atoms with Crippen LogP contribution in [-0.2, 0) is 6.42 Å². The van der Waals surface area contributed by atoms with E-state index in [0.717, 1.165) is 60.3 Å².